The number of nitrogens with zero attached hydrogens (tertiary/aromatic N) is 1. The summed E-state index contributed by atoms with van der Waals surface area (Å²) in [5, 5.41) is 13.4. The molecule has 0 spiro atoms. The number of β-lactam (4-membered cyclic amide) rings is 1. The van der Waals surface area contributed by atoms with Gasteiger partial charge in [0.25, 0.3) is 5.91 Å². The number of carboxylic acid groups (broad SMARTS) is 1. The predicted molar refractivity (Wildman–Crippen MR) is 101 cm³/mol. The van der Waals surface area contributed by atoms with Crippen LogP contribution in [0.3, 0.4) is 0 Å². The lowest BCUT2D eigenvalue weighted by atomic mass is 10.1. The van der Waals surface area contributed by atoms with Gasteiger partial charge in [0, 0.05) is 23.3 Å². The zero-order chi connectivity index (χ0) is 20.3. The van der Waals surface area contributed by atoms with E-state index >= 15 is 0 Å². The summed E-state index contributed by atoms with van der Waals surface area (Å²) >= 11 is 2.79. The molecule has 2 amide bonds. The van der Waals surface area contributed by atoms with Gasteiger partial charge in [0.15, 0.2) is 6.10 Å². The van der Waals surface area contributed by atoms with E-state index in [1.54, 1.807) is 0 Å². The van der Waals surface area contributed by atoms with Crippen LogP contribution in [0, 0.1) is 0 Å². The Morgan fingerprint density at radius 3 is 2.82 bits per heavy atom. The minimum Gasteiger partial charge on any atom is -0.477 e. The van der Waals surface area contributed by atoms with Crippen molar-refractivity contribution in [1.82, 2.24) is 10.2 Å². The average molecular weight is 426 g/mol. The van der Waals surface area contributed by atoms with Crippen molar-refractivity contribution in [2.75, 3.05) is 26.0 Å². The quantitative estimate of drug-likeness (QED) is 0.447. The number of ether oxygens (including phenoxy) is 2. The van der Waals surface area contributed by atoms with Crippen LogP contribution in [0.1, 0.15) is 4.88 Å². The number of methoxy groups -OCH3 is 1. The Balaban J connectivity index is 1.53. The first-order valence-electron chi connectivity index (χ1n) is 8.30. The smallest absolute Gasteiger partial charge is 0.352 e. The molecule has 150 valence electrons. The molecule has 28 heavy (non-hydrogen) atoms. The average Bonchev–Trinajstić information content (AvgIpc) is 3.17. The molecule has 1 aromatic heterocycles. The van der Waals surface area contributed by atoms with Gasteiger partial charge in [0.1, 0.15) is 24.2 Å². The highest BCUT2D eigenvalue weighted by atomic mass is 32.2. The Morgan fingerprint density at radius 1 is 1.39 bits per heavy atom. The number of carbonyl (C=O) groups excluding carboxylic acids is 3. The van der Waals surface area contributed by atoms with Crippen molar-refractivity contribution in [2.45, 2.75) is 17.9 Å². The van der Waals surface area contributed by atoms with E-state index in [-0.39, 0.29) is 36.6 Å². The van der Waals surface area contributed by atoms with E-state index in [4.69, 9.17) is 9.47 Å². The number of hydrogen-bond donors (Lipinski definition) is 2. The van der Waals surface area contributed by atoms with Gasteiger partial charge in [-0.15, -0.1) is 23.1 Å². The number of thiophene rings is 1. The van der Waals surface area contributed by atoms with Crippen molar-refractivity contribution >= 4 is 46.9 Å². The Bertz CT molecular complexity index is 821. The van der Waals surface area contributed by atoms with Crippen molar-refractivity contribution in [3.05, 3.63) is 33.7 Å². The predicted octanol–water partition coefficient (Wildman–Crippen LogP) is 0.219. The fourth-order valence-electron chi connectivity index (χ4n) is 2.87. The molecule has 0 bridgehead atoms. The van der Waals surface area contributed by atoms with Gasteiger partial charge in [-0.25, -0.2) is 4.79 Å². The Kier molecular flexibility index (Phi) is 6.37. The zero-order valence-corrected chi connectivity index (χ0v) is 16.5. The van der Waals surface area contributed by atoms with Crippen molar-refractivity contribution in [2.24, 2.45) is 0 Å². The molecule has 1 fully saturated rings. The minimum atomic E-state index is -1.26. The summed E-state index contributed by atoms with van der Waals surface area (Å²) in [4.78, 5) is 49.4. The van der Waals surface area contributed by atoms with Gasteiger partial charge >= 0.3 is 11.9 Å². The van der Waals surface area contributed by atoms with E-state index in [1.165, 1.54) is 30.2 Å². The third-order valence-corrected chi connectivity index (χ3v) is 6.40. The van der Waals surface area contributed by atoms with Crippen LogP contribution in [0.4, 0.5) is 0 Å². The molecule has 2 aliphatic heterocycles. The summed E-state index contributed by atoms with van der Waals surface area (Å²) in [6.07, 6.45) is -0.489. The SMILES string of the molecule is CO[C@@H]1C(=O)N2C(C(=O)O)=C(COC(=O)CNC(=O)Cc3cccs3)CS[C@@H]12. The number of amides is 2. The first-order chi connectivity index (χ1) is 13.4. The van der Waals surface area contributed by atoms with Crippen molar-refractivity contribution in [3.8, 4) is 0 Å². The maximum absolute atomic E-state index is 12.1. The topological polar surface area (TPSA) is 122 Å². The highest BCUT2D eigenvalue weighted by Crippen LogP contribution is 2.41. The largest absolute Gasteiger partial charge is 0.477 e. The molecular weight excluding hydrogens is 408 g/mol. The highest BCUT2D eigenvalue weighted by Gasteiger charge is 2.54. The lowest BCUT2D eigenvalue weighted by Gasteiger charge is -2.48. The molecule has 0 unspecified atom stereocenters. The first-order valence-corrected chi connectivity index (χ1v) is 10.2. The summed E-state index contributed by atoms with van der Waals surface area (Å²) in [5.41, 5.74) is 0.159. The lowest BCUT2D eigenvalue weighted by molar-refractivity contribution is -0.162. The number of carbonyl (C=O) groups is 4. The van der Waals surface area contributed by atoms with Gasteiger partial charge in [-0.2, -0.15) is 0 Å². The molecule has 1 saturated heterocycles. The van der Waals surface area contributed by atoms with Crippen LogP contribution in [0.25, 0.3) is 0 Å². The van der Waals surface area contributed by atoms with Crippen LogP contribution in [0.15, 0.2) is 28.8 Å². The van der Waals surface area contributed by atoms with Crippen LogP contribution in [0.2, 0.25) is 0 Å². The maximum Gasteiger partial charge on any atom is 0.352 e. The number of nitrogens with one attached hydrogen (secondary N) is 1. The maximum atomic E-state index is 12.1. The summed E-state index contributed by atoms with van der Waals surface area (Å²) < 4.78 is 10.2. The van der Waals surface area contributed by atoms with E-state index < -0.39 is 23.9 Å². The van der Waals surface area contributed by atoms with Gasteiger partial charge in [0.2, 0.25) is 5.91 Å². The number of aliphatic carboxylic acids is 1. The minimum absolute atomic E-state index is 0.170. The lowest BCUT2D eigenvalue weighted by Crippen LogP contribution is -2.65. The number of carboxylic acids is 1. The second kappa shape index (κ2) is 8.76. The van der Waals surface area contributed by atoms with Gasteiger partial charge in [-0.3, -0.25) is 19.3 Å². The fourth-order valence-corrected chi connectivity index (χ4v) is 4.92. The third-order valence-electron chi connectivity index (χ3n) is 4.21. The number of rotatable bonds is 8. The van der Waals surface area contributed by atoms with E-state index in [0.29, 0.717) is 11.3 Å². The van der Waals surface area contributed by atoms with Gasteiger partial charge in [0.05, 0.1) is 6.42 Å². The second-order valence-electron chi connectivity index (χ2n) is 6.02. The molecule has 9 nitrogen and oxygen atoms in total. The number of esters is 1. The monoisotopic (exact) mass is 426 g/mol. The molecule has 2 atom stereocenters. The van der Waals surface area contributed by atoms with Crippen LogP contribution in [-0.4, -0.2) is 71.3 Å². The Hall–Kier alpha value is -2.37. The first kappa shape index (κ1) is 20.4. The summed E-state index contributed by atoms with van der Waals surface area (Å²) in [6, 6.07) is 3.65. The number of hydrogen-bond acceptors (Lipinski definition) is 8. The van der Waals surface area contributed by atoms with Crippen molar-refractivity contribution in [3.63, 3.8) is 0 Å². The van der Waals surface area contributed by atoms with E-state index in [1.807, 2.05) is 17.5 Å². The van der Waals surface area contributed by atoms with E-state index in [2.05, 4.69) is 5.32 Å². The normalized spacial score (nSPS) is 21.0. The molecule has 0 aliphatic carbocycles. The molecular formula is C17H18N2O7S2. The Morgan fingerprint density at radius 2 is 2.18 bits per heavy atom. The van der Waals surface area contributed by atoms with E-state index in [9.17, 15) is 24.3 Å². The summed E-state index contributed by atoms with van der Waals surface area (Å²) in [7, 11) is 1.40. The highest BCUT2D eigenvalue weighted by molar-refractivity contribution is 8.00. The molecule has 1 aromatic rings. The van der Waals surface area contributed by atoms with Crippen LogP contribution >= 0.6 is 23.1 Å². The van der Waals surface area contributed by atoms with Crippen LogP contribution < -0.4 is 5.32 Å². The van der Waals surface area contributed by atoms with Gasteiger partial charge in [-0.05, 0) is 11.4 Å². The zero-order valence-electron chi connectivity index (χ0n) is 14.9. The third kappa shape index (κ3) is 4.21. The number of thioether (sulfide) groups is 1. The van der Waals surface area contributed by atoms with Crippen molar-refractivity contribution < 1.29 is 33.8 Å². The molecule has 0 saturated carbocycles. The van der Waals surface area contributed by atoms with E-state index in [0.717, 1.165) is 9.78 Å². The standard InChI is InChI=1S/C17H18N2O7S2/c1-25-14-15(22)19-13(17(23)24)9(8-28-16(14)19)7-26-12(21)6-18-11(20)5-10-3-2-4-27-10/h2-4,14,16H,5-8H2,1H3,(H,18,20)(H,23,24)/t14-,16+/m1/s1. The second-order valence-corrected chi connectivity index (χ2v) is 8.15. The van der Waals surface area contributed by atoms with Gasteiger partial charge < -0.3 is 19.9 Å². The molecule has 3 heterocycles. The van der Waals surface area contributed by atoms with Crippen molar-refractivity contribution in [1.29, 1.82) is 0 Å². The van der Waals surface area contributed by atoms with Crippen LogP contribution in [0.5, 0.6) is 0 Å². The molecule has 0 aromatic carbocycles. The molecule has 11 heteroatoms. The fraction of sp³-hybridized carbons (Fsp3) is 0.412. The summed E-state index contributed by atoms with van der Waals surface area (Å²) in [5.74, 6) is -2.38. The van der Waals surface area contributed by atoms with Gasteiger partial charge in [-0.1, -0.05) is 6.07 Å². The summed E-state index contributed by atoms with van der Waals surface area (Å²) in [6.45, 7) is -0.577. The van der Waals surface area contributed by atoms with Crippen LogP contribution in [-0.2, 0) is 35.1 Å². The number of fused-ring (bicyclic) bond motifs is 1. The molecule has 2 aliphatic rings. The molecule has 2 N–H and O–H groups in total. The Labute approximate surface area is 168 Å². The molecule has 3 rings (SSSR count). The molecule has 0 radical (unpaired) electrons.